The highest BCUT2D eigenvalue weighted by Gasteiger charge is 2.26. The molecule has 27 heavy (non-hydrogen) atoms. The molecular formula is C21H24N4O2. The number of para-hydroxylation sites is 1. The number of carbonyl (C=O) groups excluding carboxylic acids is 1. The fraction of sp³-hybridized carbons (Fsp3) is 0.238. The predicted molar refractivity (Wildman–Crippen MR) is 109 cm³/mol. The summed E-state index contributed by atoms with van der Waals surface area (Å²) in [5.74, 6) is -0.206. The molecule has 1 aromatic heterocycles. The molecule has 0 aliphatic rings. The van der Waals surface area contributed by atoms with Gasteiger partial charge in [-0.2, -0.15) is 0 Å². The molecule has 6 heteroatoms. The Morgan fingerprint density at radius 1 is 1.07 bits per heavy atom. The van der Waals surface area contributed by atoms with Crippen LogP contribution in [0.3, 0.4) is 0 Å². The summed E-state index contributed by atoms with van der Waals surface area (Å²) in [4.78, 5) is 28.0. The molecule has 0 spiro atoms. The molecule has 1 heterocycles. The second-order valence-corrected chi connectivity index (χ2v) is 6.49. The normalized spacial score (nSPS) is 10.8. The minimum absolute atomic E-state index is 0.206. The largest absolute Gasteiger partial charge is 0.399 e. The van der Waals surface area contributed by atoms with Crippen molar-refractivity contribution in [2.24, 2.45) is 7.05 Å². The predicted octanol–water partition coefficient (Wildman–Crippen LogP) is 3.12. The van der Waals surface area contributed by atoms with E-state index in [0.29, 0.717) is 23.5 Å². The van der Waals surface area contributed by atoms with Gasteiger partial charge >= 0.3 is 0 Å². The van der Waals surface area contributed by atoms with Gasteiger partial charge in [-0.3, -0.25) is 14.3 Å². The van der Waals surface area contributed by atoms with Crippen LogP contribution < -0.4 is 16.2 Å². The molecule has 0 aliphatic carbocycles. The zero-order valence-electron chi connectivity index (χ0n) is 15.8. The summed E-state index contributed by atoms with van der Waals surface area (Å²) < 4.78 is 3.37. The number of nitrogens with zero attached hydrogens (tertiary/aromatic N) is 3. The van der Waals surface area contributed by atoms with Crippen LogP contribution in [0.25, 0.3) is 5.69 Å². The average molecular weight is 364 g/mol. The van der Waals surface area contributed by atoms with Crippen LogP contribution in [0.4, 0.5) is 11.4 Å². The summed E-state index contributed by atoms with van der Waals surface area (Å²) in [6, 6.07) is 16.2. The van der Waals surface area contributed by atoms with E-state index in [1.165, 1.54) is 0 Å². The van der Waals surface area contributed by atoms with Gasteiger partial charge in [0.2, 0.25) is 0 Å². The Bertz CT molecular complexity index is 1000. The Morgan fingerprint density at radius 3 is 2.30 bits per heavy atom. The van der Waals surface area contributed by atoms with E-state index >= 15 is 0 Å². The van der Waals surface area contributed by atoms with Crippen molar-refractivity contribution in [3.05, 3.63) is 76.2 Å². The van der Waals surface area contributed by atoms with E-state index < -0.39 is 0 Å². The molecule has 0 aliphatic heterocycles. The average Bonchev–Trinajstić information content (AvgIpc) is 2.89. The van der Waals surface area contributed by atoms with Gasteiger partial charge in [0, 0.05) is 24.8 Å². The van der Waals surface area contributed by atoms with Crippen LogP contribution in [0.2, 0.25) is 0 Å². The summed E-state index contributed by atoms with van der Waals surface area (Å²) in [6.07, 6.45) is 0.736. The molecule has 2 N–H and O–H groups in total. The number of hydrogen-bond donors (Lipinski definition) is 1. The Morgan fingerprint density at radius 2 is 1.70 bits per heavy atom. The maximum Gasteiger partial charge on any atom is 0.295 e. The summed E-state index contributed by atoms with van der Waals surface area (Å²) in [5, 5.41) is 0. The number of rotatable bonds is 5. The van der Waals surface area contributed by atoms with Gasteiger partial charge in [-0.25, -0.2) is 4.68 Å². The Balaban J connectivity index is 2.13. The summed E-state index contributed by atoms with van der Waals surface area (Å²) in [7, 11) is 1.82. The number of benzene rings is 2. The Labute approximate surface area is 158 Å². The molecule has 0 saturated heterocycles. The second-order valence-electron chi connectivity index (χ2n) is 6.49. The number of carbonyl (C=O) groups is 1. The molecule has 2 aromatic carbocycles. The molecule has 0 fully saturated rings. The molecule has 140 valence electrons. The second kappa shape index (κ2) is 7.53. The van der Waals surface area contributed by atoms with Crippen LogP contribution in [0.5, 0.6) is 0 Å². The van der Waals surface area contributed by atoms with E-state index in [1.54, 1.807) is 38.5 Å². The summed E-state index contributed by atoms with van der Waals surface area (Å²) in [5.41, 5.74) is 8.52. The van der Waals surface area contributed by atoms with Crippen molar-refractivity contribution in [1.29, 1.82) is 0 Å². The molecule has 1 amide bonds. The fourth-order valence-corrected chi connectivity index (χ4v) is 3.19. The van der Waals surface area contributed by atoms with E-state index in [-0.39, 0.29) is 11.5 Å². The maximum atomic E-state index is 13.2. The summed E-state index contributed by atoms with van der Waals surface area (Å²) >= 11 is 0. The zero-order valence-corrected chi connectivity index (χ0v) is 15.8. The van der Waals surface area contributed by atoms with E-state index in [0.717, 1.165) is 17.8 Å². The first-order valence-electron chi connectivity index (χ1n) is 8.97. The fourth-order valence-electron chi connectivity index (χ4n) is 3.19. The standard InChI is InChI=1S/C21H24N4O2/c1-4-14-24(20(26)16-10-12-17(22)13-11-16)19-15(2)23(3)25(21(19)27)18-8-6-5-7-9-18/h5-13H,4,14,22H2,1-3H3. The molecule has 6 nitrogen and oxygen atoms in total. The molecule has 0 bridgehead atoms. The van der Waals surface area contributed by atoms with Crippen LogP contribution in [0.1, 0.15) is 29.4 Å². The van der Waals surface area contributed by atoms with Gasteiger partial charge in [0.25, 0.3) is 11.5 Å². The van der Waals surface area contributed by atoms with Gasteiger partial charge in [-0.1, -0.05) is 25.1 Å². The zero-order chi connectivity index (χ0) is 19.6. The van der Waals surface area contributed by atoms with Gasteiger partial charge in [0.1, 0.15) is 5.69 Å². The molecule has 3 rings (SSSR count). The summed E-state index contributed by atoms with van der Waals surface area (Å²) in [6.45, 7) is 4.30. The van der Waals surface area contributed by atoms with Gasteiger partial charge in [0.05, 0.1) is 11.4 Å². The van der Waals surface area contributed by atoms with Crippen molar-refractivity contribution in [3.63, 3.8) is 0 Å². The lowest BCUT2D eigenvalue weighted by atomic mass is 10.1. The van der Waals surface area contributed by atoms with Crippen molar-refractivity contribution in [2.45, 2.75) is 20.3 Å². The van der Waals surface area contributed by atoms with Gasteiger partial charge < -0.3 is 10.6 Å². The molecule has 3 aromatic rings. The number of hydrogen-bond acceptors (Lipinski definition) is 3. The number of amides is 1. The van der Waals surface area contributed by atoms with Crippen molar-refractivity contribution in [1.82, 2.24) is 9.36 Å². The Kier molecular flexibility index (Phi) is 5.16. The van der Waals surface area contributed by atoms with Gasteiger partial charge in [-0.05, 0) is 49.7 Å². The minimum atomic E-state index is -0.210. The van der Waals surface area contributed by atoms with Crippen molar-refractivity contribution < 1.29 is 4.79 Å². The first kappa shape index (κ1) is 18.5. The van der Waals surface area contributed by atoms with Crippen molar-refractivity contribution in [2.75, 3.05) is 17.2 Å². The highest BCUT2D eigenvalue weighted by Crippen LogP contribution is 2.21. The van der Waals surface area contributed by atoms with Crippen molar-refractivity contribution in [3.8, 4) is 5.69 Å². The smallest absolute Gasteiger partial charge is 0.295 e. The maximum absolute atomic E-state index is 13.2. The van der Waals surface area contributed by atoms with E-state index in [4.69, 9.17) is 5.73 Å². The third-order valence-electron chi connectivity index (χ3n) is 4.64. The monoisotopic (exact) mass is 364 g/mol. The van der Waals surface area contributed by atoms with E-state index in [2.05, 4.69) is 0 Å². The molecule has 0 radical (unpaired) electrons. The van der Waals surface area contributed by atoms with Crippen LogP contribution in [0.15, 0.2) is 59.4 Å². The Hall–Kier alpha value is -3.28. The van der Waals surface area contributed by atoms with E-state index in [1.807, 2.05) is 51.2 Å². The topological polar surface area (TPSA) is 73.3 Å². The number of anilines is 2. The first-order valence-corrected chi connectivity index (χ1v) is 8.97. The van der Waals surface area contributed by atoms with Gasteiger partial charge in [0.15, 0.2) is 0 Å². The number of aromatic nitrogens is 2. The van der Waals surface area contributed by atoms with Gasteiger partial charge in [-0.15, -0.1) is 0 Å². The van der Waals surface area contributed by atoms with Crippen LogP contribution in [-0.2, 0) is 7.05 Å². The highest BCUT2D eigenvalue weighted by atomic mass is 16.2. The number of nitrogen functional groups attached to an aromatic ring is 1. The van der Waals surface area contributed by atoms with Crippen LogP contribution in [-0.4, -0.2) is 21.8 Å². The quantitative estimate of drug-likeness (QED) is 0.707. The van der Waals surface area contributed by atoms with Crippen LogP contribution in [0, 0.1) is 6.92 Å². The van der Waals surface area contributed by atoms with Crippen molar-refractivity contribution >= 4 is 17.3 Å². The number of nitrogens with two attached hydrogens (primary N) is 1. The van der Waals surface area contributed by atoms with E-state index in [9.17, 15) is 9.59 Å². The molecular weight excluding hydrogens is 340 g/mol. The minimum Gasteiger partial charge on any atom is -0.399 e. The lowest BCUT2D eigenvalue weighted by molar-refractivity contribution is 0.0986. The molecule has 0 unspecified atom stereocenters. The SMILES string of the molecule is CCCN(C(=O)c1ccc(N)cc1)c1c(C)n(C)n(-c2ccccc2)c1=O. The lowest BCUT2D eigenvalue weighted by Gasteiger charge is -2.21. The first-order chi connectivity index (χ1) is 13.0. The third-order valence-corrected chi connectivity index (χ3v) is 4.64. The lowest BCUT2D eigenvalue weighted by Crippen LogP contribution is -2.36. The van der Waals surface area contributed by atoms with Crippen LogP contribution >= 0.6 is 0 Å². The molecule has 0 atom stereocenters. The third kappa shape index (κ3) is 3.38. The molecule has 0 saturated carbocycles. The highest BCUT2D eigenvalue weighted by molar-refractivity contribution is 6.06.